The van der Waals surface area contributed by atoms with Crippen LogP contribution >= 0.6 is 0 Å². The molecule has 0 atom stereocenters. The number of likely N-dealkylation sites (tertiary alicyclic amines) is 1. The maximum absolute atomic E-state index is 12.4. The summed E-state index contributed by atoms with van der Waals surface area (Å²) in [5.74, 6) is -0.00802. The average molecular weight is 364 g/mol. The Hall–Kier alpha value is -2.33. The van der Waals surface area contributed by atoms with Gasteiger partial charge in [0.15, 0.2) is 0 Å². The average Bonchev–Trinajstić information content (AvgIpc) is 3.41. The van der Waals surface area contributed by atoms with Gasteiger partial charge in [0.25, 0.3) is 5.91 Å². The highest BCUT2D eigenvalue weighted by Crippen LogP contribution is 2.20. The molecule has 2 fully saturated rings. The van der Waals surface area contributed by atoms with Gasteiger partial charge in [-0.1, -0.05) is 24.3 Å². The third-order valence-electron chi connectivity index (χ3n) is 5.68. The SMILES string of the molecule is O=C(NCc1ccc(N2CCCC2)cc1)c1ccc(CN2CCCC2)cc1. The predicted molar refractivity (Wildman–Crippen MR) is 110 cm³/mol. The number of rotatable bonds is 6. The number of hydrogen-bond donors (Lipinski definition) is 1. The molecule has 1 amide bonds. The molecular formula is C23H29N3O. The molecule has 0 radical (unpaired) electrons. The molecule has 2 aliphatic rings. The summed E-state index contributed by atoms with van der Waals surface area (Å²) in [6.07, 6.45) is 5.18. The zero-order valence-corrected chi connectivity index (χ0v) is 16.0. The summed E-state index contributed by atoms with van der Waals surface area (Å²) in [4.78, 5) is 17.3. The molecule has 0 unspecified atom stereocenters. The van der Waals surface area contributed by atoms with E-state index in [9.17, 15) is 4.79 Å². The number of benzene rings is 2. The van der Waals surface area contributed by atoms with E-state index in [0.717, 1.165) is 30.8 Å². The highest BCUT2D eigenvalue weighted by Gasteiger charge is 2.13. The van der Waals surface area contributed by atoms with Gasteiger partial charge in [-0.2, -0.15) is 0 Å². The molecule has 1 N–H and O–H groups in total. The molecule has 0 bridgehead atoms. The zero-order valence-electron chi connectivity index (χ0n) is 16.0. The van der Waals surface area contributed by atoms with Crippen LogP contribution in [0.2, 0.25) is 0 Å². The Balaban J connectivity index is 1.28. The van der Waals surface area contributed by atoms with Gasteiger partial charge in [-0.3, -0.25) is 9.69 Å². The molecule has 0 aromatic heterocycles. The second kappa shape index (κ2) is 8.57. The molecule has 2 saturated heterocycles. The lowest BCUT2D eigenvalue weighted by Gasteiger charge is -2.17. The van der Waals surface area contributed by atoms with Crippen LogP contribution in [-0.4, -0.2) is 37.0 Å². The van der Waals surface area contributed by atoms with E-state index in [4.69, 9.17) is 0 Å². The minimum absolute atomic E-state index is 0.00802. The van der Waals surface area contributed by atoms with E-state index < -0.39 is 0 Å². The first-order valence-electron chi connectivity index (χ1n) is 10.2. The molecule has 4 rings (SSSR count). The van der Waals surface area contributed by atoms with Crippen LogP contribution in [0, 0.1) is 0 Å². The third kappa shape index (κ3) is 4.69. The standard InChI is InChI=1S/C23H29N3O/c27-23(21-9-5-20(6-10-21)18-25-13-1-2-14-25)24-17-19-7-11-22(12-8-19)26-15-3-4-16-26/h5-12H,1-4,13-18H2,(H,24,27). The topological polar surface area (TPSA) is 35.6 Å². The molecule has 2 aliphatic heterocycles. The Morgan fingerprint density at radius 1 is 0.778 bits per heavy atom. The van der Waals surface area contributed by atoms with E-state index in [1.807, 2.05) is 12.1 Å². The van der Waals surface area contributed by atoms with Crippen LogP contribution in [0.1, 0.15) is 47.2 Å². The Morgan fingerprint density at radius 2 is 1.37 bits per heavy atom. The molecule has 0 saturated carbocycles. The van der Waals surface area contributed by atoms with E-state index >= 15 is 0 Å². The first kappa shape index (κ1) is 18.1. The maximum Gasteiger partial charge on any atom is 0.251 e. The first-order valence-corrected chi connectivity index (χ1v) is 10.2. The van der Waals surface area contributed by atoms with Crippen molar-refractivity contribution >= 4 is 11.6 Å². The van der Waals surface area contributed by atoms with Crippen LogP contribution in [0.15, 0.2) is 48.5 Å². The van der Waals surface area contributed by atoms with E-state index in [2.05, 4.69) is 51.5 Å². The Kier molecular flexibility index (Phi) is 5.73. The second-order valence-corrected chi connectivity index (χ2v) is 7.72. The quantitative estimate of drug-likeness (QED) is 0.848. The number of nitrogens with one attached hydrogen (secondary N) is 1. The van der Waals surface area contributed by atoms with Crippen LogP contribution in [0.5, 0.6) is 0 Å². The van der Waals surface area contributed by atoms with Gasteiger partial charge in [0.05, 0.1) is 0 Å². The van der Waals surface area contributed by atoms with Crippen molar-refractivity contribution < 1.29 is 4.79 Å². The van der Waals surface area contributed by atoms with Gasteiger partial charge in [0.1, 0.15) is 0 Å². The molecular weight excluding hydrogens is 334 g/mol. The molecule has 27 heavy (non-hydrogen) atoms. The van der Waals surface area contributed by atoms with Gasteiger partial charge in [0.2, 0.25) is 0 Å². The molecule has 0 aliphatic carbocycles. The highest BCUT2D eigenvalue weighted by atomic mass is 16.1. The van der Waals surface area contributed by atoms with Gasteiger partial charge < -0.3 is 10.2 Å². The Bertz CT molecular complexity index is 742. The fourth-order valence-electron chi connectivity index (χ4n) is 4.04. The van der Waals surface area contributed by atoms with Crippen molar-refractivity contribution in [2.45, 2.75) is 38.8 Å². The number of anilines is 1. The van der Waals surface area contributed by atoms with E-state index in [1.54, 1.807) is 0 Å². The van der Waals surface area contributed by atoms with Crippen molar-refractivity contribution in [3.05, 3.63) is 65.2 Å². The lowest BCUT2D eigenvalue weighted by molar-refractivity contribution is 0.0951. The van der Waals surface area contributed by atoms with Crippen molar-refractivity contribution in [2.24, 2.45) is 0 Å². The summed E-state index contributed by atoms with van der Waals surface area (Å²) in [6.45, 7) is 6.26. The van der Waals surface area contributed by atoms with Crippen LogP contribution in [0.4, 0.5) is 5.69 Å². The summed E-state index contributed by atoms with van der Waals surface area (Å²) in [5.41, 5.74) is 4.44. The third-order valence-corrected chi connectivity index (χ3v) is 5.68. The summed E-state index contributed by atoms with van der Waals surface area (Å²) >= 11 is 0. The largest absolute Gasteiger partial charge is 0.372 e. The van der Waals surface area contributed by atoms with Crippen LogP contribution in [0.3, 0.4) is 0 Å². The fraction of sp³-hybridized carbons (Fsp3) is 0.435. The molecule has 4 heteroatoms. The number of carbonyl (C=O) groups is 1. The van der Waals surface area contributed by atoms with E-state index in [0.29, 0.717) is 6.54 Å². The molecule has 2 heterocycles. The minimum atomic E-state index is -0.00802. The van der Waals surface area contributed by atoms with Crippen molar-refractivity contribution in [1.29, 1.82) is 0 Å². The summed E-state index contributed by atoms with van der Waals surface area (Å²) in [5, 5.41) is 3.03. The van der Waals surface area contributed by atoms with Gasteiger partial charge in [-0.15, -0.1) is 0 Å². The molecule has 2 aromatic carbocycles. The van der Waals surface area contributed by atoms with Gasteiger partial charge >= 0.3 is 0 Å². The molecule has 2 aromatic rings. The van der Waals surface area contributed by atoms with Crippen molar-refractivity contribution in [3.8, 4) is 0 Å². The highest BCUT2D eigenvalue weighted by molar-refractivity contribution is 5.94. The Morgan fingerprint density at radius 3 is 2.04 bits per heavy atom. The second-order valence-electron chi connectivity index (χ2n) is 7.72. The number of amides is 1. The summed E-state index contributed by atoms with van der Waals surface area (Å²) < 4.78 is 0. The zero-order chi connectivity index (χ0) is 18.5. The normalized spacial score (nSPS) is 17.4. The smallest absolute Gasteiger partial charge is 0.251 e. The lowest BCUT2D eigenvalue weighted by atomic mass is 10.1. The van der Waals surface area contributed by atoms with Crippen LogP contribution in [0.25, 0.3) is 0 Å². The molecule has 142 valence electrons. The Labute approximate surface area is 162 Å². The van der Waals surface area contributed by atoms with Crippen molar-refractivity contribution in [2.75, 3.05) is 31.1 Å². The van der Waals surface area contributed by atoms with Gasteiger partial charge in [-0.05, 0) is 74.2 Å². The predicted octanol–water partition coefficient (Wildman–Crippen LogP) is 3.81. The maximum atomic E-state index is 12.4. The fourth-order valence-corrected chi connectivity index (χ4v) is 4.04. The molecule has 4 nitrogen and oxygen atoms in total. The number of nitrogens with zero attached hydrogens (tertiary/aromatic N) is 2. The van der Waals surface area contributed by atoms with Crippen LogP contribution in [-0.2, 0) is 13.1 Å². The van der Waals surface area contributed by atoms with E-state index in [-0.39, 0.29) is 5.91 Å². The summed E-state index contributed by atoms with van der Waals surface area (Å²) in [7, 11) is 0. The summed E-state index contributed by atoms with van der Waals surface area (Å²) in [6, 6.07) is 16.6. The first-order chi connectivity index (χ1) is 13.3. The van der Waals surface area contributed by atoms with Gasteiger partial charge in [0, 0.05) is 37.4 Å². The number of hydrogen-bond acceptors (Lipinski definition) is 3. The molecule has 0 spiro atoms. The van der Waals surface area contributed by atoms with Gasteiger partial charge in [-0.25, -0.2) is 0 Å². The van der Waals surface area contributed by atoms with E-state index in [1.165, 1.54) is 50.0 Å². The van der Waals surface area contributed by atoms with Crippen molar-refractivity contribution in [1.82, 2.24) is 10.2 Å². The monoisotopic (exact) mass is 363 g/mol. The number of carbonyl (C=O) groups excluding carboxylic acids is 1. The van der Waals surface area contributed by atoms with Crippen LogP contribution < -0.4 is 10.2 Å². The van der Waals surface area contributed by atoms with Crippen molar-refractivity contribution in [3.63, 3.8) is 0 Å². The lowest BCUT2D eigenvalue weighted by Crippen LogP contribution is -2.23. The minimum Gasteiger partial charge on any atom is -0.372 e.